The van der Waals surface area contributed by atoms with Crippen molar-refractivity contribution in [3.8, 4) is 0 Å². The number of carbonyl (C=O) groups excluding carboxylic acids is 1. The van der Waals surface area contributed by atoms with E-state index in [2.05, 4.69) is 33.9 Å². The Labute approximate surface area is 181 Å². The standard InChI is InChI=1S/C22H29N5O2S/c1-3-21(28)27-5-4-17(15-27)10-19-11-18(14-26-6-8-29-9-7-26)12-20(24-19)25-22-23-13-16(2)30-22/h3,11-13,17H,1,4-10,14-15H2,2H3,(H,23,24,25). The van der Waals surface area contributed by atoms with E-state index in [1.54, 1.807) is 11.3 Å². The normalized spacial score (nSPS) is 19.8. The Balaban J connectivity index is 1.50. The van der Waals surface area contributed by atoms with Crippen LogP contribution >= 0.6 is 11.3 Å². The molecule has 1 atom stereocenters. The molecule has 8 heteroatoms. The quantitative estimate of drug-likeness (QED) is 0.685. The molecule has 1 amide bonds. The van der Waals surface area contributed by atoms with Gasteiger partial charge in [0.25, 0.3) is 0 Å². The highest BCUT2D eigenvalue weighted by Gasteiger charge is 2.25. The molecule has 2 aromatic rings. The Hall–Kier alpha value is -2.29. The molecular formula is C22H29N5O2S. The van der Waals surface area contributed by atoms with E-state index in [-0.39, 0.29) is 5.91 Å². The van der Waals surface area contributed by atoms with Crippen LogP contribution in [0.5, 0.6) is 0 Å². The first-order valence-corrected chi connectivity index (χ1v) is 11.3. The summed E-state index contributed by atoms with van der Waals surface area (Å²) in [5.74, 6) is 1.28. The zero-order valence-electron chi connectivity index (χ0n) is 17.5. The lowest BCUT2D eigenvalue weighted by molar-refractivity contribution is -0.125. The third-order valence-electron chi connectivity index (χ3n) is 5.57. The van der Waals surface area contributed by atoms with Gasteiger partial charge in [-0.1, -0.05) is 6.58 Å². The first-order valence-electron chi connectivity index (χ1n) is 10.5. The van der Waals surface area contributed by atoms with E-state index in [1.807, 2.05) is 18.0 Å². The number of carbonyl (C=O) groups is 1. The summed E-state index contributed by atoms with van der Waals surface area (Å²) in [6.07, 6.45) is 5.14. The van der Waals surface area contributed by atoms with Gasteiger partial charge in [-0.3, -0.25) is 9.69 Å². The molecule has 0 aliphatic carbocycles. The minimum atomic E-state index is 0.0213. The highest BCUT2D eigenvalue weighted by Crippen LogP contribution is 2.25. The summed E-state index contributed by atoms with van der Waals surface area (Å²) in [7, 11) is 0. The number of hydrogen-bond donors (Lipinski definition) is 1. The van der Waals surface area contributed by atoms with Crippen LogP contribution in [0.25, 0.3) is 0 Å². The molecule has 1 N–H and O–H groups in total. The van der Waals surface area contributed by atoms with Crippen molar-refractivity contribution in [3.05, 3.63) is 47.1 Å². The number of thiazole rings is 1. The number of anilines is 2. The molecule has 30 heavy (non-hydrogen) atoms. The number of nitrogens with one attached hydrogen (secondary N) is 1. The molecule has 7 nitrogen and oxygen atoms in total. The highest BCUT2D eigenvalue weighted by molar-refractivity contribution is 7.15. The summed E-state index contributed by atoms with van der Waals surface area (Å²) in [5, 5.41) is 4.24. The van der Waals surface area contributed by atoms with Crippen molar-refractivity contribution in [2.75, 3.05) is 44.7 Å². The zero-order valence-corrected chi connectivity index (χ0v) is 18.3. The molecule has 2 fully saturated rings. The summed E-state index contributed by atoms with van der Waals surface area (Å²) in [6, 6.07) is 4.34. The molecule has 2 saturated heterocycles. The summed E-state index contributed by atoms with van der Waals surface area (Å²) < 4.78 is 5.48. The maximum Gasteiger partial charge on any atom is 0.245 e. The van der Waals surface area contributed by atoms with Gasteiger partial charge in [0.1, 0.15) is 5.82 Å². The first kappa shape index (κ1) is 21.0. The molecule has 0 bridgehead atoms. The third-order valence-corrected chi connectivity index (χ3v) is 6.40. The van der Waals surface area contributed by atoms with Crippen molar-refractivity contribution in [1.29, 1.82) is 0 Å². The van der Waals surface area contributed by atoms with Gasteiger partial charge < -0.3 is 15.0 Å². The molecule has 0 aromatic carbocycles. The van der Waals surface area contributed by atoms with Crippen LogP contribution < -0.4 is 5.32 Å². The number of rotatable bonds is 7. The summed E-state index contributed by atoms with van der Waals surface area (Å²) in [5.41, 5.74) is 2.31. The van der Waals surface area contributed by atoms with Gasteiger partial charge in [0, 0.05) is 49.5 Å². The lowest BCUT2D eigenvalue weighted by atomic mass is 10.0. The fourth-order valence-corrected chi connectivity index (χ4v) is 4.75. The van der Waals surface area contributed by atoms with Crippen LogP contribution in [0.4, 0.5) is 10.9 Å². The van der Waals surface area contributed by atoms with Crippen LogP contribution in [0.1, 0.15) is 22.6 Å². The van der Waals surface area contributed by atoms with Gasteiger partial charge >= 0.3 is 0 Å². The van der Waals surface area contributed by atoms with Crippen LogP contribution in [0.3, 0.4) is 0 Å². The van der Waals surface area contributed by atoms with Crippen LogP contribution in [0.2, 0.25) is 0 Å². The van der Waals surface area contributed by atoms with Crippen LogP contribution in [-0.2, 0) is 22.5 Å². The molecule has 2 aromatic heterocycles. The molecule has 1 unspecified atom stereocenters. The summed E-state index contributed by atoms with van der Waals surface area (Å²) >= 11 is 1.63. The average Bonchev–Trinajstić information content (AvgIpc) is 3.37. The Bertz CT molecular complexity index is 893. The Morgan fingerprint density at radius 2 is 2.20 bits per heavy atom. The predicted molar refractivity (Wildman–Crippen MR) is 119 cm³/mol. The molecule has 0 radical (unpaired) electrons. The van der Waals surface area contributed by atoms with Crippen LogP contribution in [0, 0.1) is 12.8 Å². The van der Waals surface area contributed by atoms with Crippen LogP contribution in [0.15, 0.2) is 31.0 Å². The number of ether oxygens (including phenoxy) is 1. The van der Waals surface area contributed by atoms with E-state index in [0.29, 0.717) is 5.92 Å². The van der Waals surface area contributed by atoms with E-state index < -0.39 is 0 Å². The second-order valence-corrected chi connectivity index (χ2v) is 9.22. The number of morpholine rings is 1. The van der Waals surface area contributed by atoms with Crippen molar-refractivity contribution in [3.63, 3.8) is 0 Å². The minimum absolute atomic E-state index is 0.0213. The topological polar surface area (TPSA) is 70.6 Å². The van der Waals surface area contributed by atoms with Gasteiger partial charge in [-0.2, -0.15) is 0 Å². The van der Waals surface area contributed by atoms with Gasteiger partial charge in [0.05, 0.1) is 13.2 Å². The van der Waals surface area contributed by atoms with Gasteiger partial charge in [-0.25, -0.2) is 9.97 Å². The van der Waals surface area contributed by atoms with Crippen molar-refractivity contribution in [1.82, 2.24) is 19.8 Å². The van der Waals surface area contributed by atoms with Gasteiger partial charge in [0.15, 0.2) is 5.13 Å². The number of hydrogen-bond acceptors (Lipinski definition) is 7. The van der Waals surface area contributed by atoms with Gasteiger partial charge in [-0.15, -0.1) is 11.3 Å². The summed E-state index contributed by atoms with van der Waals surface area (Å²) in [4.78, 5) is 26.7. The van der Waals surface area contributed by atoms with E-state index in [0.717, 1.165) is 75.4 Å². The molecule has 160 valence electrons. The highest BCUT2D eigenvalue weighted by atomic mass is 32.1. The number of nitrogens with zero attached hydrogens (tertiary/aromatic N) is 4. The van der Waals surface area contributed by atoms with Gasteiger partial charge in [0.2, 0.25) is 5.91 Å². The molecule has 4 heterocycles. The van der Waals surface area contributed by atoms with E-state index in [9.17, 15) is 4.79 Å². The Morgan fingerprint density at radius 3 is 2.93 bits per heavy atom. The maximum atomic E-state index is 11.9. The SMILES string of the molecule is C=CC(=O)N1CCC(Cc2cc(CN3CCOCC3)cc(Nc3ncc(C)s3)n2)C1. The molecular weight excluding hydrogens is 398 g/mol. The molecule has 2 aliphatic rings. The molecule has 0 spiro atoms. The smallest absolute Gasteiger partial charge is 0.245 e. The second kappa shape index (κ2) is 9.68. The number of likely N-dealkylation sites (tertiary alicyclic amines) is 1. The minimum Gasteiger partial charge on any atom is -0.379 e. The number of pyridine rings is 1. The van der Waals surface area contributed by atoms with Crippen molar-refractivity contribution >= 4 is 28.2 Å². The summed E-state index contributed by atoms with van der Waals surface area (Å²) in [6.45, 7) is 11.6. The van der Waals surface area contributed by atoms with E-state index in [1.165, 1.54) is 16.5 Å². The lowest BCUT2D eigenvalue weighted by Gasteiger charge is -2.27. The Morgan fingerprint density at radius 1 is 1.37 bits per heavy atom. The predicted octanol–water partition coefficient (Wildman–Crippen LogP) is 3.00. The number of amides is 1. The van der Waals surface area contributed by atoms with E-state index in [4.69, 9.17) is 9.72 Å². The maximum absolute atomic E-state index is 11.9. The number of aryl methyl sites for hydroxylation is 1. The van der Waals surface area contributed by atoms with Gasteiger partial charge in [-0.05, 0) is 49.5 Å². The Kier molecular flexibility index (Phi) is 6.76. The molecule has 4 rings (SSSR count). The van der Waals surface area contributed by atoms with Crippen molar-refractivity contribution in [2.24, 2.45) is 5.92 Å². The fourth-order valence-electron chi connectivity index (χ4n) is 4.07. The third kappa shape index (κ3) is 5.44. The first-order chi connectivity index (χ1) is 14.6. The molecule has 2 aliphatic heterocycles. The second-order valence-electron chi connectivity index (χ2n) is 7.99. The fraction of sp³-hybridized carbons (Fsp3) is 0.500. The average molecular weight is 428 g/mol. The zero-order chi connectivity index (χ0) is 20.9. The largest absolute Gasteiger partial charge is 0.379 e. The monoisotopic (exact) mass is 427 g/mol. The molecule has 0 saturated carbocycles. The lowest BCUT2D eigenvalue weighted by Crippen LogP contribution is -2.35. The van der Waals surface area contributed by atoms with E-state index >= 15 is 0 Å². The number of aromatic nitrogens is 2. The van der Waals surface area contributed by atoms with Crippen LogP contribution in [-0.4, -0.2) is 65.1 Å². The van der Waals surface area contributed by atoms with Crippen molar-refractivity contribution < 1.29 is 9.53 Å². The van der Waals surface area contributed by atoms with Crippen molar-refractivity contribution in [2.45, 2.75) is 26.3 Å².